The number of methoxy groups -OCH3 is 1. The van der Waals surface area contributed by atoms with E-state index >= 15 is 0 Å². The van der Waals surface area contributed by atoms with Crippen LogP contribution in [-0.2, 0) is 0 Å². The maximum Gasteiger partial charge on any atom is 0.118 e. The van der Waals surface area contributed by atoms with Crippen molar-refractivity contribution < 1.29 is 4.74 Å². The second-order valence-corrected chi connectivity index (χ2v) is 6.28. The largest absolute Gasteiger partial charge is 0.497 e. The number of halogens is 1. The van der Waals surface area contributed by atoms with E-state index in [0.717, 1.165) is 15.8 Å². The third-order valence-corrected chi connectivity index (χ3v) is 4.33. The molecule has 0 radical (unpaired) electrons. The average molecular weight is 338 g/mol. The maximum atomic E-state index is 6.02. The Bertz CT molecular complexity index is 555. The van der Waals surface area contributed by atoms with E-state index < -0.39 is 0 Å². The first-order valence-corrected chi connectivity index (χ1v) is 7.58. The van der Waals surface area contributed by atoms with Crippen LogP contribution >= 0.6 is 27.7 Å². The SMILES string of the molecule is COc1ccc(Sc2cc(Br)ccc2C(C)N)cc1. The van der Waals surface area contributed by atoms with Gasteiger partial charge in [0, 0.05) is 20.3 Å². The second kappa shape index (κ2) is 6.46. The van der Waals surface area contributed by atoms with Gasteiger partial charge in [-0.25, -0.2) is 0 Å². The third-order valence-electron chi connectivity index (χ3n) is 2.75. The van der Waals surface area contributed by atoms with Gasteiger partial charge in [0.05, 0.1) is 7.11 Å². The zero-order chi connectivity index (χ0) is 13.8. The third kappa shape index (κ3) is 3.75. The summed E-state index contributed by atoms with van der Waals surface area (Å²) in [5.74, 6) is 0.867. The van der Waals surface area contributed by atoms with Crippen molar-refractivity contribution in [2.75, 3.05) is 7.11 Å². The Balaban J connectivity index is 2.28. The van der Waals surface area contributed by atoms with Crippen molar-refractivity contribution in [2.24, 2.45) is 5.73 Å². The number of ether oxygens (including phenoxy) is 1. The molecule has 4 heteroatoms. The molecule has 2 aromatic carbocycles. The van der Waals surface area contributed by atoms with E-state index in [2.05, 4.69) is 40.2 Å². The molecule has 0 aliphatic carbocycles. The first-order chi connectivity index (χ1) is 9.10. The van der Waals surface area contributed by atoms with E-state index in [1.54, 1.807) is 18.9 Å². The number of hydrogen-bond acceptors (Lipinski definition) is 3. The zero-order valence-corrected chi connectivity index (χ0v) is 13.3. The lowest BCUT2D eigenvalue weighted by Crippen LogP contribution is -2.06. The monoisotopic (exact) mass is 337 g/mol. The van der Waals surface area contributed by atoms with E-state index in [1.165, 1.54) is 9.79 Å². The minimum absolute atomic E-state index is 0.0221. The quantitative estimate of drug-likeness (QED) is 0.883. The lowest BCUT2D eigenvalue weighted by Gasteiger charge is -2.13. The fourth-order valence-electron chi connectivity index (χ4n) is 1.74. The van der Waals surface area contributed by atoms with Crippen molar-refractivity contribution in [2.45, 2.75) is 22.8 Å². The molecule has 0 saturated heterocycles. The summed E-state index contributed by atoms with van der Waals surface area (Å²) in [7, 11) is 1.67. The van der Waals surface area contributed by atoms with E-state index in [1.807, 2.05) is 25.1 Å². The lowest BCUT2D eigenvalue weighted by atomic mass is 10.1. The Labute approximate surface area is 126 Å². The Morgan fingerprint density at radius 3 is 2.42 bits per heavy atom. The summed E-state index contributed by atoms with van der Waals surface area (Å²) in [6, 6.07) is 14.3. The van der Waals surface area contributed by atoms with Gasteiger partial charge in [0.25, 0.3) is 0 Å². The van der Waals surface area contributed by atoms with Gasteiger partial charge in [0.2, 0.25) is 0 Å². The molecule has 2 N–H and O–H groups in total. The van der Waals surface area contributed by atoms with Gasteiger partial charge in [-0.15, -0.1) is 0 Å². The average Bonchev–Trinajstić information content (AvgIpc) is 2.39. The van der Waals surface area contributed by atoms with Gasteiger partial charge in [-0.3, -0.25) is 0 Å². The Hall–Kier alpha value is -0.970. The molecule has 0 spiro atoms. The number of nitrogens with two attached hydrogens (primary N) is 1. The molecule has 1 atom stereocenters. The van der Waals surface area contributed by atoms with E-state index in [9.17, 15) is 0 Å². The summed E-state index contributed by atoms with van der Waals surface area (Å²) in [6.45, 7) is 2.00. The minimum atomic E-state index is 0.0221. The summed E-state index contributed by atoms with van der Waals surface area (Å²) < 4.78 is 6.23. The van der Waals surface area contributed by atoms with Crippen molar-refractivity contribution in [3.63, 3.8) is 0 Å². The van der Waals surface area contributed by atoms with Crippen LogP contribution < -0.4 is 10.5 Å². The standard InChI is InChI=1S/C15H16BrNOS/c1-10(17)14-8-3-11(16)9-15(14)19-13-6-4-12(18-2)5-7-13/h3-10H,17H2,1-2H3. The molecule has 19 heavy (non-hydrogen) atoms. The highest BCUT2D eigenvalue weighted by Gasteiger charge is 2.09. The molecule has 2 nitrogen and oxygen atoms in total. The molecule has 1 unspecified atom stereocenters. The second-order valence-electron chi connectivity index (χ2n) is 4.25. The van der Waals surface area contributed by atoms with Crippen LogP contribution in [0.3, 0.4) is 0 Å². The van der Waals surface area contributed by atoms with E-state index in [4.69, 9.17) is 10.5 Å². The summed E-state index contributed by atoms with van der Waals surface area (Å²) in [5.41, 5.74) is 7.17. The van der Waals surface area contributed by atoms with Gasteiger partial charge in [0.15, 0.2) is 0 Å². The molecule has 0 amide bonds. The van der Waals surface area contributed by atoms with Crippen molar-refractivity contribution in [3.8, 4) is 5.75 Å². The van der Waals surface area contributed by atoms with Gasteiger partial charge in [-0.05, 0) is 48.9 Å². The first-order valence-electron chi connectivity index (χ1n) is 5.97. The molecule has 2 aromatic rings. The Kier molecular flexibility index (Phi) is 4.91. The molecule has 0 aliphatic heterocycles. The van der Waals surface area contributed by atoms with Crippen LogP contribution in [0.15, 0.2) is 56.7 Å². The molecule has 0 saturated carbocycles. The number of rotatable bonds is 4. The first kappa shape index (κ1) is 14.4. The van der Waals surface area contributed by atoms with Crippen LogP contribution in [-0.4, -0.2) is 7.11 Å². The smallest absolute Gasteiger partial charge is 0.118 e. The maximum absolute atomic E-state index is 6.02. The minimum Gasteiger partial charge on any atom is -0.497 e. The van der Waals surface area contributed by atoms with E-state index in [0.29, 0.717) is 0 Å². The summed E-state index contributed by atoms with van der Waals surface area (Å²) in [6.07, 6.45) is 0. The lowest BCUT2D eigenvalue weighted by molar-refractivity contribution is 0.414. The molecular formula is C15H16BrNOS. The van der Waals surface area contributed by atoms with Crippen LogP contribution in [0.5, 0.6) is 5.75 Å². The van der Waals surface area contributed by atoms with Gasteiger partial charge in [-0.1, -0.05) is 33.8 Å². The van der Waals surface area contributed by atoms with Crippen molar-refractivity contribution in [1.29, 1.82) is 0 Å². The predicted molar refractivity (Wildman–Crippen MR) is 83.9 cm³/mol. The molecule has 0 bridgehead atoms. The highest BCUT2D eigenvalue weighted by atomic mass is 79.9. The van der Waals surface area contributed by atoms with Gasteiger partial charge in [-0.2, -0.15) is 0 Å². The summed E-state index contributed by atoms with van der Waals surface area (Å²) in [5, 5.41) is 0. The summed E-state index contributed by atoms with van der Waals surface area (Å²) >= 11 is 5.22. The van der Waals surface area contributed by atoms with Crippen molar-refractivity contribution in [1.82, 2.24) is 0 Å². The van der Waals surface area contributed by atoms with Crippen LogP contribution in [0.1, 0.15) is 18.5 Å². The number of benzene rings is 2. The Morgan fingerprint density at radius 2 is 1.84 bits per heavy atom. The van der Waals surface area contributed by atoms with Crippen LogP contribution in [0.4, 0.5) is 0 Å². The Morgan fingerprint density at radius 1 is 1.16 bits per heavy atom. The molecule has 100 valence electrons. The highest BCUT2D eigenvalue weighted by Crippen LogP contribution is 2.35. The fourth-order valence-corrected chi connectivity index (χ4v) is 3.34. The van der Waals surface area contributed by atoms with Crippen LogP contribution in [0, 0.1) is 0 Å². The molecule has 0 aromatic heterocycles. The molecular weight excluding hydrogens is 322 g/mol. The van der Waals surface area contributed by atoms with Gasteiger partial charge < -0.3 is 10.5 Å². The number of hydrogen-bond donors (Lipinski definition) is 1. The van der Waals surface area contributed by atoms with E-state index in [-0.39, 0.29) is 6.04 Å². The van der Waals surface area contributed by atoms with Crippen molar-refractivity contribution >= 4 is 27.7 Å². The fraction of sp³-hybridized carbons (Fsp3) is 0.200. The topological polar surface area (TPSA) is 35.2 Å². The van der Waals surface area contributed by atoms with Gasteiger partial charge in [0.1, 0.15) is 5.75 Å². The van der Waals surface area contributed by atoms with Gasteiger partial charge >= 0.3 is 0 Å². The summed E-state index contributed by atoms with van der Waals surface area (Å²) in [4.78, 5) is 2.34. The zero-order valence-electron chi connectivity index (χ0n) is 10.9. The molecule has 0 fully saturated rings. The van der Waals surface area contributed by atoms with Crippen LogP contribution in [0.2, 0.25) is 0 Å². The molecule has 0 heterocycles. The molecule has 2 rings (SSSR count). The normalized spacial score (nSPS) is 12.2. The highest BCUT2D eigenvalue weighted by molar-refractivity contribution is 9.10. The predicted octanol–water partition coefficient (Wildman–Crippen LogP) is 4.63. The van der Waals surface area contributed by atoms with Crippen LogP contribution in [0.25, 0.3) is 0 Å². The molecule has 0 aliphatic rings. The van der Waals surface area contributed by atoms with Crippen molar-refractivity contribution in [3.05, 3.63) is 52.5 Å².